The second kappa shape index (κ2) is 23.7. The third kappa shape index (κ3) is 22.0. The number of allylic oxidation sites excluding steroid dienone is 4. The zero-order valence-electron chi connectivity index (χ0n) is 20.8. The van der Waals surface area contributed by atoms with E-state index in [1.165, 1.54) is 116 Å². The van der Waals surface area contributed by atoms with Gasteiger partial charge in [0.05, 0.1) is 0 Å². The standard InChI is InChI=1S/C28H55N/c1-5-7-9-11-13-14-15-16-17-18-19-20-21-23-25-27-28(29(3)4)26-24-22-12-10-8-6-2/h13-14,16-17,28H,5-12,15,18-27H2,1-4H3/b14-13-,17-16?. The molecule has 0 aromatic heterocycles. The number of rotatable bonds is 22. The highest BCUT2D eigenvalue weighted by molar-refractivity contribution is 4.92. The molecule has 1 nitrogen and oxygen atoms in total. The van der Waals surface area contributed by atoms with Gasteiger partial charge >= 0.3 is 0 Å². The summed E-state index contributed by atoms with van der Waals surface area (Å²) < 4.78 is 0. The molecule has 0 aromatic carbocycles. The quantitative estimate of drug-likeness (QED) is 0.128. The summed E-state index contributed by atoms with van der Waals surface area (Å²) >= 11 is 0. The lowest BCUT2D eigenvalue weighted by Crippen LogP contribution is -2.27. The molecule has 0 saturated carbocycles. The van der Waals surface area contributed by atoms with Crippen molar-refractivity contribution in [3.63, 3.8) is 0 Å². The predicted molar refractivity (Wildman–Crippen MR) is 135 cm³/mol. The number of hydrogen-bond donors (Lipinski definition) is 0. The Balaban J connectivity index is 3.50. The third-order valence-corrected chi connectivity index (χ3v) is 6.11. The molecule has 0 saturated heterocycles. The van der Waals surface area contributed by atoms with Gasteiger partial charge in [0.1, 0.15) is 0 Å². The lowest BCUT2D eigenvalue weighted by molar-refractivity contribution is 0.251. The molecule has 0 radical (unpaired) electrons. The zero-order valence-corrected chi connectivity index (χ0v) is 20.8. The molecule has 0 amide bonds. The Hall–Kier alpha value is -0.560. The van der Waals surface area contributed by atoms with E-state index in [0.717, 1.165) is 12.5 Å². The van der Waals surface area contributed by atoms with Crippen LogP contribution in [-0.4, -0.2) is 25.0 Å². The third-order valence-electron chi connectivity index (χ3n) is 6.11. The lowest BCUT2D eigenvalue weighted by Gasteiger charge is -2.24. The molecule has 172 valence electrons. The molecule has 0 rings (SSSR count). The minimum absolute atomic E-state index is 0.805. The van der Waals surface area contributed by atoms with Crippen LogP contribution in [0, 0.1) is 0 Å². The van der Waals surface area contributed by atoms with Gasteiger partial charge in [-0.15, -0.1) is 0 Å². The Morgan fingerprint density at radius 1 is 0.517 bits per heavy atom. The molecule has 1 unspecified atom stereocenters. The molecule has 0 fully saturated rings. The van der Waals surface area contributed by atoms with E-state index in [9.17, 15) is 0 Å². The van der Waals surface area contributed by atoms with Crippen LogP contribution >= 0.6 is 0 Å². The molecule has 0 aliphatic carbocycles. The van der Waals surface area contributed by atoms with Crippen molar-refractivity contribution in [1.82, 2.24) is 4.90 Å². The van der Waals surface area contributed by atoms with Crippen LogP contribution in [0.4, 0.5) is 0 Å². The van der Waals surface area contributed by atoms with Crippen molar-refractivity contribution in [3.8, 4) is 0 Å². The largest absolute Gasteiger partial charge is 0.306 e. The summed E-state index contributed by atoms with van der Waals surface area (Å²) in [5, 5.41) is 0. The van der Waals surface area contributed by atoms with E-state index >= 15 is 0 Å². The summed E-state index contributed by atoms with van der Waals surface area (Å²) in [5.74, 6) is 0. The maximum absolute atomic E-state index is 2.47. The predicted octanol–water partition coefficient (Wildman–Crippen LogP) is 9.48. The van der Waals surface area contributed by atoms with E-state index < -0.39 is 0 Å². The molecule has 1 atom stereocenters. The first-order valence-electron chi connectivity index (χ1n) is 13.2. The van der Waals surface area contributed by atoms with Crippen molar-refractivity contribution in [2.24, 2.45) is 0 Å². The van der Waals surface area contributed by atoms with Gasteiger partial charge in [0.2, 0.25) is 0 Å². The van der Waals surface area contributed by atoms with E-state index in [2.05, 4.69) is 57.1 Å². The Morgan fingerprint density at radius 2 is 0.931 bits per heavy atom. The van der Waals surface area contributed by atoms with Crippen LogP contribution in [0.1, 0.15) is 136 Å². The van der Waals surface area contributed by atoms with Crippen molar-refractivity contribution in [1.29, 1.82) is 0 Å². The molecule has 0 spiro atoms. The lowest BCUT2D eigenvalue weighted by atomic mass is 9.99. The molecule has 1 heteroatoms. The van der Waals surface area contributed by atoms with Crippen LogP contribution in [-0.2, 0) is 0 Å². The number of unbranched alkanes of at least 4 members (excludes halogenated alkanes) is 13. The summed E-state index contributed by atoms with van der Waals surface area (Å²) in [7, 11) is 4.54. The van der Waals surface area contributed by atoms with Crippen molar-refractivity contribution < 1.29 is 0 Å². The van der Waals surface area contributed by atoms with Gasteiger partial charge in [-0.05, 0) is 59.0 Å². The molecule has 0 bridgehead atoms. The van der Waals surface area contributed by atoms with Crippen molar-refractivity contribution in [2.45, 2.75) is 142 Å². The van der Waals surface area contributed by atoms with Gasteiger partial charge in [0, 0.05) is 6.04 Å². The van der Waals surface area contributed by atoms with Crippen LogP contribution in [0.3, 0.4) is 0 Å². The first-order chi connectivity index (χ1) is 14.2. The van der Waals surface area contributed by atoms with Crippen molar-refractivity contribution in [2.75, 3.05) is 14.1 Å². The number of nitrogens with zero attached hydrogens (tertiary/aromatic N) is 1. The molecule has 0 aliphatic rings. The van der Waals surface area contributed by atoms with E-state index in [1.807, 2.05) is 0 Å². The van der Waals surface area contributed by atoms with Crippen LogP contribution in [0.15, 0.2) is 24.3 Å². The first kappa shape index (κ1) is 28.4. The fourth-order valence-electron chi connectivity index (χ4n) is 4.01. The Morgan fingerprint density at radius 3 is 1.45 bits per heavy atom. The van der Waals surface area contributed by atoms with E-state index in [1.54, 1.807) is 0 Å². The van der Waals surface area contributed by atoms with Crippen molar-refractivity contribution in [3.05, 3.63) is 24.3 Å². The molecule has 0 N–H and O–H groups in total. The minimum atomic E-state index is 0.805. The average molecular weight is 406 g/mol. The SMILES string of the molecule is CCCCC/C=C\CC=CCCCCCCCC(CCCCCCCC)N(C)C. The topological polar surface area (TPSA) is 3.24 Å². The monoisotopic (exact) mass is 405 g/mol. The maximum atomic E-state index is 2.47. The highest BCUT2D eigenvalue weighted by Crippen LogP contribution is 2.17. The second-order valence-corrected chi connectivity index (χ2v) is 9.19. The van der Waals surface area contributed by atoms with Gasteiger partial charge in [0.25, 0.3) is 0 Å². The highest BCUT2D eigenvalue weighted by atomic mass is 15.1. The van der Waals surface area contributed by atoms with Gasteiger partial charge in [0.15, 0.2) is 0 Å². The highest BCUT2D eigenvalue weighted by Gasteiger charge is 2.10. The smallest absolute Gasteiger partial charge is 0.00891 e. The van der Waals surface area contributed by atoms with Crippen LogP contribution in [0.25, 0.3) is 0 Å². The average Bonchev–Trinajstić information content (AvgIpc) is 2.71. The van der Waals surface area contributed by atoms with Crippen LogP contribution < -0.4 is 0 Å². The van der Waals surface area contributed by atoms with E-state index in [-0.39, 0.29) is 0 Å². The second-order valence-electron chi connectivity index (χ2n) is 9.19. The normalized spacial score (nSPS) is 13.3. The summed E-state index contributed by atoms with van der Waals surface area (Å²) in [4.78, 5) is 2.47. The van der Waals surface area contributed by atoms with E-state index in [4.69, 9.17) is 0 Å². The Bertz CT molecular complexity index is 355. The Kier molecular flexibility index (Phi) is 23.3. The van der Waals surface area contributed by atoms with E-state index in [0.29, 0.717) is 0 Å². The fraction of sp³-hybridized carbons (Fsp3) is 0.857. The maximum Gasteiger partial charge on any atom is 0.00891 e. The minimum Gasteiger partial charge on any atom is -0.306 e. The summed E-state index contributed by atoms with van der Waals surface area (Å²) in [5.41, 5.74) is 0. The number of hydrogen-bond acceptors (Lipinski definition) is 1. The zero-order chi connectivity index (χ0) is 21.4. The van der Waals surface area contributed by atoms with Gasteiger partial charge in [-0.25, -0.2) is 0 Å². The summed E-state index contributed by atoms with van der Waals surface area (Å²) in [6.07, 6.45) is 35.4. The van der Waals surface area contributed by atoms with Gasteiger partial charge < -0.3 is 4.90 Å². The van der Waals surface area contributed by atoms with Crippen molar-refractivity contribution >= 4 is 0 Å². The molecular formula is C28H55N. The van der Waals surface area contributed by atoms with Gasteiger partial charge in [-0.2, -0.15) is 0 Å². The fourth-order valence-corrected chi connectivity index (χ4v) is 4.01. The molecular weight excluding hydrogens is 350 g/mol. The first-order valence-corrected chi connectivity index (χ1v) is 13.2. The summed E-state index contributed by atoms with van der Waals surface area (Å²) in [6.45, 7) is 4.57. The molecule has 0 heterocycles. The molecule has 29 heavy (non-hydrogen) atoms. The molecule has 0 aromatic rings. The van der Waals surface area contributed by atoms with Crippen LogP contribution in [0.5, 0.6) is 0 Å². The van der Waals surface area contributed by atoms with Gasteiger partial charge in [-0.1, -0.05) is 115 Å². The van der Waals surface area contributed by atoms with Crippen LogP contribution in [0.2, 0.25) is 0 Å². The molecule has 0 aliphatic heterocycles. The van der Waals surface area contributed by atoms with Gasteiger partial charge in [-0.3, -0.25) is 0 Å². The Labute approximate surface area is 185 Å². The summed E-state index contributed by atoms with van der Waals surface area (Å²) in [6, 6.07) is 0.805.